The molecular formula is C13H10N2O2. The van der Waals surface area contributed by atoms with Gasteiger partial charge in [-0.2, -0.15) is 5.10 Å². The molecule has 2 N–H and O–H groups in total. The number of aromatic nitrogens is 2. The molecule has 1 aromatic carbocycles. The molecule has 4 heteroatoms. The van der Waals surface area contributed by atoms with E-state index in [1.54, 1.807) is 6.20 Å². The molecule has 0 spiro atoms. The second kappa shape index (κ2) is 4.99. The summed E-state index contributed by atoms with van der Waals surface area (Å²) >= 11 is 0. The van der Waals surface area contributed by atoms with E-state index in [0.29, 0.717) is 5.56 Å². The molecule has 0 aliphatic rings. The summed E-state index contributed by atoms with van der Waals surface area (Å²) in [6.07, 6.45) is 1.43. The number of hydrogen-bond acceptors (Lipinski definition) is 2. The summed E-state index contributed by atoms with van der Waals surface area (Å²) in [6, 6.07) is 9.65. The minimum Gasteiger partial charge on any atom is -0.481 e. The Morgan fingerprint density at radius 1 is 1.35 bits per heavy atom. The highest BCUT2D eigenvalue weighted by Crippen LogP contribution is 2.19. The van der Waals surface area contributed by atoms with Crippen LogP contribution in [0.3, 0.4) is 0 Å². The highest BCUT2D eigenvalue weighted by Gasteiger charge is 2.04. The van der Waals surface area contributed by atoms with Crippen LogP contribution in [0.4, 0.5) is 0 Å². The van der Waals surface area contributed by atoms with E-state index in [1.165, 1.54) is 0 Å². The number of H-pyrrole nitrogens is 1. The molecule has 2 aromatic rings. The average Bonchev–Trinajstić information content (AvgIpc) is 2.78. The normalized spacial score (nSPS) is 9.41. The number of benzene rings is 1. The first kappa shape index (κ1) is 11.0. The summed E-state index contributed by atoms with van der Waals surface area (Å²) in [7, 11) is 0. The molecule has 0 bridgehead atoms. The quantitative estimate of drug-likeness (QED) is 0.768. The van der Waals surface area contributed by atoms with E-state index in [-0.39, 0.29) is 6.42 Å². The number of rotatable bonds is 2. The van der Waals surface area contributed by atoms with E-state index >= 15 is 0 Å². The second-order valence-electron chi connectivity index (χ2n) is 3.40. The molecule has 0 amide bonds. The van der Waals surface area contributed by atoms with E-state index in [9.17, 15) is 4.79 Å². The maximum absolute atomic E-state index is 10.4. The number of aliphatic carboxylic acids is 1. The molecule has 0 atom stereocenters. The van der Waals surface area contributed by atoms with Gasteiger partial charge < -0.3 is 5.11 Å². The van der Waals surface area contributed by atoms with Crippen LogP contribution in [-0.4, -0.2) is 21.3 Å². The van der Waals surface area contributed by atoms with E-state index in [1.807, 2.05) is 30.3 Å². The van der Waals surface area contributed by atoms with Crippen LogP contribution in [0, 0.1) is 11.8 Å². The summed E-state index contributed by atoms with van der Waals surface area (Å²) in [5.41, 5.74) is 2.49. The standard InChI is InChI=1S/C13H10N2O2/c16-12(17)8-4-7-11-9-14-15-13(11)10-5-2-1-3-6-10/h1-3,5-6,9H,8H2,(H,14,15)(H,16,17). The number of hydrogen-bond donors (Lipinski definition) is 2. The summed E-state index contributed by atoms with van der Waals surface area (Å²) < 4.78 is 0. The van der Waals surface area contributed by atoms with E-state index in [0.717, 1.165) is 11.3 Å². The van der Waals surface area contributed by atoms with Crippen molar-refractivity contribution in [2.45, 2.75) is 6.42 Å². The van der Waals surface area contributed by atoms with Crippen LogP contribution in [0.25, 0.3) is 11.3 Å². The molecule has 0 radical (unpaired) electrons. The van der Waals surface area contributed by atoms with Crippen molar-refractivity contribution in [3.8, 4) is 23.1 Å². The van der Waals surface area contributed by atoms with Crippen molar-refractivity contribution in [3.05, 3.63) is 42.1 Å². The molecule has 2 rings (SSSR count). The number of nitrogens with one attached hydrogen (secondary N) is 1. The maximum atomic E-state index is 10.4. The zero-order chi connectivity index (χ0) is 12.1. The summed E-state index contributed by atoms with van der Waals surface area (Å²) in [5, 5.41) is 15.3. The highest BCUT2D eigenvalue weighted by atomic mass is 16.4. The molecule has 1 heterocycles. The zero-order valence-electron chi connectivity index (χ0n) is 8.97. The molecule has 17 heavy (non-hydrogen) atoms. The summed E-state index contributed by atoms with van der Waals surface area (Å²) in [6.45, 7) is 0. The summed E-state index contributed by atoms with van der Waals surface area (Å²) in [4.78, 5) is 10.4. The minimum atomic E-state index is -0.928. The van der Waals surface area contributed by atoms with Gasteiger partial charge >= 0.3 is 5.97 Å². The van der Waals surface area contributed by atoms with Gasteiger partial charge in [0, 0.05) is 5.56 Å². The Kier molecular flexibility index (Phi) is 3.22. The lowest BCUT2D eigenvalue weighted by molar-refractivity contribution is -0.135. The molecule has 0 saturated carbocycles. The van der Waals surface area contributed by atoms with Crippen LogP contribution < -0.4 is 0 Å². The van der Waals surface area contributed by atoms with E-state index in [2.05, 4.69) is 22.0 Å². The fourth-order valence-electron chi connectivity index (χ4n) is 1.42. The Labute approximate surface area is 98.3 Å². The van der Waals surface area contributed by atoms with Crippen molar-refractivity contribution >= 4 is 5.97 Å². The fourth-order valence-corrected chi connectivity index (χ4v) is 1.42. The molecule has 1 aromatic heterocycles. The van der Waals surface area contributed by atoms with Crippen molar-refractivity contribution in [1.29, 1.82) is 0 Å². The number of carbonyl (C=O) groups is 1. The molecule has 0 aliphatic heterocycles. The van der Waals surface area contributed by atoms with Gasteiger partial charge in [0.1, 0.15) is 6.42 Å². The second-order valence-corrected chi connectivity index (χ2v) is 3.40. The van der Waals surface area contributed by atoms with E-state index < -0.39 is 5.97 Å². The monoisotopic (exact) mass is 226 g/mol. The SMILES string of the molecule is O=C(O)CC#Cc1cn[nH]c1-c1ccccc1. The van der Waals surface area contributed by atoms with Gasteiger partial charge in [0.2, 0.25) is 0 Å². The van der Waals surface area contributed by atoms with Crippen molar-refractivity contribution in [1.82, 2.24) is 10.2 Å². The Morgan fingerprint density at radius 3 is 2.82 bits per heavy atom. The molecule has 84 valence electrons. The Balaban J connectivity index is 2.28. The first-order valence-corrected chi connectivity index (χ1v) is 5.07. The van der Waals surface area contributed by atoms with Crippen LogP contribution in [0.2, 0.25) is 0 Å². The number of nitrogens with zero attached hydrogens (tertiary/aromatic N) is 1. The third-order valence-electron chi connectivity index (χ3n) is 2.16. The predicted molar refractivity (Wildman–Crippen MR) is 63.2 cm³/mol. The molecule has 4 nitrogen and oxygen atoms in total. The first-order chi connectivity index (χ1) is 8.27. The lowest BCUT2D eigenvalue weighted by Gasteiger charge is -1.96. The third-order valence-corrected chi connectivity index (χ3v) is 2.16. The van der Waals surface area contributed by atoms with Crippen molar-refractivity contribution in [3.63, 3.8) is 0 Å². The molecule has 0 saturated heterocycles. The van der Waals surface area contributed by atoms with Crippen molar-refractivity contribution in [2.75, 3.05) is 0 Å². The van der Waals surface area contributed by atoms with Gasteiger partial charge in [0.05, 0.1) is 17.5 Å². The number of carboxylic acids is 1. The third kappa shape index (κ3) is 2.73. The van der Waals surface area contributed by atoms with Crippen LogP contribution in [0.1, 0.15) is 12.0 Å². The molecule has 0 fully saturated rings. The fraction of sp³-hybridized carbons (Fsp3) is 0.0769. The van der Waals surface area contributed by atoms with Crippen LogP contribution in [0.15, 0.2) is 36.5 Å². The number of carboxylic acid groups (broad SMARTS) is 1. The Bertz CT molecular complexity index is 576. The van der Waals surface area contributed by atoms with Crippen LogP contribution in [0.5, 0.6) is 0 Å². The van der Waals surface area contributed by atoms with Gasteiger partial charge in [-0.25, -0.2) is 0 Å². The molecular weight excluding hydrogens is 216 g/mol. The highest BCUT2D eigenvalue weighted by molar-refractivity contribution is 5.71. The maximum Gasteiger partial charge on any atom is 0.315 e. The van der Waals surface area contributed by atoms with Crippen molar-refractivity contribution in [2.24, 2.45) is 0 Å². The lowest BCUT2D eigenvalue weighted by atomic mass is 10.1. The predicted octanol–water partition coefficient (Wildman–Crippen LogP) is 1.90. The van der Waals surface area contributed by atoms with E-state index in [4.69, 9.17) is 5.11 Å². The van der Waals surface area contributed by atoms with Gasteiger partial charge in [0.15, 0.2) is 0 Å². The zero-order valence-corrected chi connectivity index (χ0v) is 8.97. The van der Waals surface area contributed by atoms with Crippen molar-refractivity contribution < 1.29 is 9.90 Å². The summed E-state index contributed by atoms with van der Waals surface area (Å²) in [5.74, 6) is 4.46. The largest absolute Gasteiger partial charge is 0.481 e. The van der Waals surface area contributed by atoms with Crippen LogP contribution in [-0.2, 0) is 4.79 Å². The average molecular weight is 226 g/mol. The molecule has 0 aliphatic carbocycles. The minimum absolute atomic E-state index is 0.167. The smallest absolute Gasteiger partial charge is 0.315 e. The Morgan fingerprint density at radius 2 is 2.12 bits per heavy atom. The Hall–Kier alpha value is -2.54. The topological polar surface area (TPSA) is 66.0 Å². The number of aromatic amines is 1. The lowest BCUT2D eigenvalue weighted by Crippen LogP contribution is -1.90. The van der Waals surface area contributed by atoms with Gasteiger partial charge in [-0.1, -0.05) is 42.2 Å². The van der Waals surface area contributed by atoms with Gasteiger partial charge in [-0.05, 0) is 0 Å². The molecule has 0 unspecified atom stereocenters. The van der Waals surface area contributed by atoms with Gasteiger partial charge in [-0.15, -0.1) is 0 Å². The van der Waals surface area contributed by atoms with Gasteiger partial charge in [-0.3, -0.25) is 9.89 Å². The van der Waals surface area contributed by atoms with Crippen LogP contribution >= 0.6 is 0 Å². The van der Waals surface area contributed by atoms with Gasteiger partial charge in [0.25, 0.3) is 0 Å². The first-order valence-electron chi connectivity index (χ1n) is 5.07.